The number of nitrogens with one attached hydrogen (secondary N) is 1. The molecule has 13 heteroatoms. The lowest BCUT2D eigenvalue weighted by atomic mass is 9.84. The summed E-state index contributed by atoms with van der Waals surface area (Å²) >= 11 is 0. The van der Waals surface area contributed by atoms with Gasteiger partial charge in [-0.2, -0.15) is 0 Å². The molecule has 0 aromatic heterocycles. The van der Waals surface area contributed by atoms with Crippen molar-refractivity contribution in [3.8, 4) is 23.0 Å². The Labute approximate surface area is 399 Å². The normalized spacial score (nSPS) is 18.9. The van der Waals surface area contributed by atoms with Gasteiger partial charge in [-0.25, -0.2) is 8.78 Å². The summed E-state index contributed by atoms with van der Waals surface area (Å²) in [6, 6.07) is 18.7. The zero-order chi connectivity index (χ0) is 48.5. The van der Waals surface area contributed by atoms with Gasteiger partial charge in [0, 0.05) is 42.8 Å². The van der Waals surface area contributed by atoms with E-state index in [1.807, 2.05) is 62.4 Å². The van der Waals surface area contributed by atoms with Gasteiger partial charge < -0.3 is 34.3 Å². The zero-order valence-corrected chi connectivity index (χ0v) is 40.0. The second kappa shape index (κ2) is 20.4. The van der Waals surface area contributed by atoms with E-state index in [0.29, 0.717) is 40.7 Å². The highest BCUT2D eigenvalue weighted by atomic mass is 19.1. The van der Waals surface area contributed by atoms with Gasteiger partial charge in [0.25, 0.3) is 0 Å². The summed E-state index contributed by atoms with van der Waals surface area (Å²) in [5.74, 6) is 2.23. The van der Waals surface area contributed by atoms with Gasteiger partial charge in [0.05, 0.1) is 17.4 Å². The van der Waals surface area contributed by atoms with Gasteiger partial charge in [0.15, 0.2) is 35.6 Å². The average molecular weight is 939 g/mol. The van der Waals surface area contributed by atoms with Crippen LogP contribution in [-0.4, -0.2) is 68.1 Å². The summed E-state index contributed by atoms with van der Waals surface area (Å²) < 4.78 is 51.6. The monoisotopic (exact) mass is 938 g/mol. The molecule has 0 bridgehead atoms. The van der Waals surface area contributed by atoms with Crippen LogP contribution in [0, 0.1) is 22.5 Å². The van der Waals surface area contributed by atoms with Crippen LogP contribution in [0.15, 0.2) is 60.7 Å². The highest BCUT2D eigenvalue weighted by Crippen LogP contribution is 2.53. The minimum atomic E-state index is -0.552. The number of aldehydes is 2. The predicted octanol–water partition coefficient (Wildman–Crippen LogP) is 9.99. The fourth-order valence-corrected chi connectivity index (χ4v) is 9.74. The number of ether oxygens (including phenoxy) is 4. The largest absolute Gasteiger partial charge is 0.454 e. The molecule has 0 saturated heterocycles. The number of aliphatic hydroxyl groups excluding tert-OH is 1. The Morgan fingerprint density at radius 1 is 0.691 bits per heavy atom. The summed E-state index contributed by atoms with van der Waals surface area (Å²) in [6.07, 6.45) is 5.36. The van der Waals surface area contributed by atoms with E-state index in [4.69, 9.17) is 28.5 Å². The Morgan fingerprint density at radius 2 is 1.16 bits per heavy atom. The summed E-state index contributed by atoms with van der Waals surface area (Å²) in [7, 11) is 0. The Morgan fingerprint density at radius 3 is 1.60 bits per heavy atom. The molecule has 11 nitrogen and oxygen atoms in total. The summed E-state index contributed by atoms with van der Waals surface area (Å²) in [5, 5.41) is 13.0. The molecular formula is C55H68F2N2O9. The van der Waals surface area contributed by atoms with Gasteiger partial charge in [-0.3, -0.25) is 19.2 Å². The lowest BCUT2D eigenvalue weighted by Gasteiger charge is -2.36. The van der Waals surface area contributed by atoms with Crippen LogP contribution in [0.4, 0.5) is 20.2 Å². The first kappa shape index (κ1) is 51.6. The average Bonchev–Trinajstić information content (AvgIpc) is 4.04. The predicted molar refractivity (Wildman–Crippen MR) is 259 cm³/mol. The number of fused-ring (bicyclic) bond motifs is 4. The number of rotatable bonds is 11. The number of β-amino-alcohol motifs (C(OH)–C–C–N with tert-alkyl or cyclic N) is 1. The number of anilines is 2. The van der Waals surface area contributed by atoms with E-state index in [1.54, 1.807) is 12.1 Å². The zero-order valence-electron chi connectivity index (χ0n) is 40.0. The first-order valence-corrected chi connectivity index (χ1v) is 23.4. The van der Waals surface area contributed by atoms with Crippen LogP contribution in [0.25, 0.3) is 0 Å². The van der Waals surface area contributed by atoms with E-state index < -0.39 is 10.8 Å². The van der Waals surface area contributed by atoms with Crippen LogP contribution in [-0.2, 0) is 55.7 Å². The maximum atomic E-state index is 15.2. The first-order chi connectivity index (χ1) is 31.9. The van der Waals surface area contributed by atoms with E-state index >= 15 is 4.39 Å². The van der Waals surface area contributed by atoms with Crippen molar-refractivity contribution in [2.75, 3.05) is 37.0 Å². The van der Waals surface area contributed by atoms with Crippen molar-refractivity contribution in [2.45, 2.75) is 137 Å². The second-order valence-electron chi connectivity index (χ2n) is 20.2. The SMILES string of the molecule is C.CC.CC(C)(C)C1Cc2cc(CC(=O)C3(c4ccc5c(c4)OCO5)CC3)c(F)cc2N1.CC(C)(C)C1Cc2cc(CC(=O)C3(c4ccc5c(c4)OCO5)CC3)c(F)cc2N1CCO.O=CC=O. The third kappa shape index (κ3) is 10.4. The standard InChI is InChI=1S/C26H30FNO4.C24H26FNO3.C2H2O2.C2H6.CH4/c1-25(2,3)23-11-17-10-16(19(27)14-20(17)28(23)8-9-29)12-24(30)26(6-7-26)18-4-5-21-22(13-18)32-15-31-21;1-23(2,3)21-9-15-8-14(17(25)12-18(15)26-21)10-22(27)24(6-7-24)16-4-5-19-20(11-16)29-13-28-19;3-1-2-4;1-2;/h4-5,10,13-14,23,29H,6-9,11-12,15H2,1-3H3;4-5,8,11-12,21,26H,6-7,9-10,13H2,1-3H3;1-2H;1-2H3;1H4. The van der Waals surface area contributed by atoms with Crippen molar-refractivity contribution in [3.05, 3.63) is 106 Å². The highest BCUT2D eigenvalue weighted by Gasteiger charge is 2.52. The molecule has 4 heterocycles. The number of benzene rings is 4. The van der Waals surface area contributed by atoms with Crippen LogP contribution in [0.5, 0.6) is 23.0 Å². The molecule has 2 unspecified atom stereocenters. The summed E-state index contributed by atoms with van der Waals surface area (Å²) in [5.41, 5.74) is 5.68. The van der Waals surface area contributed by atoms with Gasteiger partial charge in [0.2, 0.25) is 13.6 Å². The number of hydrogen-bond donors (Lipinski definition) is 2. The van der Waals surface area contributed by atoms with Crippen molar-refractivity contribution >= 4 is 35.5 Å². The fraction of sp³-hybridized carbons (Fsp3) is 0.491. The van der Waals surface area contributed by atoms with E-state index in [-0.39, 0.29) is 99.1 Å². The molecule has 2 saturated carbocycles. The first-order valence-electron chi connectivity index (χ1n) is 23.4. The molecule has 4 aromatic rings. The molecule has 4 aromatic carbocycles. The minimum Gasteiger partial charge on any atom is -0.454 e. The highest BCUT2D eigenvalue weighted by molar-refractivity contribution is 6.09. The molecule has 0 spiro atoms. The number of aliphatic hydroxyl groups is 1. The number of Topliss-reactive ketones (excluding diaryl/α,β-unsaturated/α-hetero) is 2. The number of carbonyl (C=O) groups excluding carboxylic acids is 4. The van der Waals surface area contributed by atoms with Crippen LogP contribution < -0.4 is 29.2 Å². The van der Waals surface area contributed by atoms with Crippen molar-refractivity contribution in [1.82, 2.24) is 0 Å². The number of hydrogen-bond acceptors (Lipinski definition) is 11. The van der Waals surface area contributed by atoms with E-state index in [9.17, 15) is 19.1 Å². The summed E-state index contributed by atoms with van der Waals surface area (Å²) in [4.78, 5) is 46.3. The molecule has 4 aliphatic heterocycles. The number of carbonyl (C=O) groups is 4. The molecule has 2 fully saturated rings. The van der Waals surface area contributed by atoms with Gasteiger partial charge in [-0.05, 0) is 119 Å². The van der Waals surface area contributed by atoms with E-state index in [0.717, 1.165) is 72.2 Å². The van der Waals surface area contributed by atoms with Gasteiger partial charge >= 0.3 is 0 Å². The molecule has 366 valence electrons. The number of ketones is 2. The van der Waals surface area contributed by atoms with Gasteiger partial charge in [0.1, 0.15) is 23.2 Å². The van der Waals surface area contributed by atoms with E-state index in [2.05, 4.69) is 51.8 Å². The number of nitrogens with zero attached hydrogens (tertiary/aromatic N) is 1. The molecule has 2 aliphatic carbocycles. The van der Waals surface area contributed by atoms with Crippen LogP contribution in [0.2, 0.25) is 0 Å². The Bertz CT molecular complexity index is 2510. The third-order valence-corrected chi connectivity index (χ3v) is 13.9. The Hall–Kier alpha value is -5.82. The smallest absolute Gasteiger partial charge is 0.231 e. The van der Waals surface area contributed by atoms with Gasteiger partial charge in [-0.15, -0.1) is 0 Å². The Balaban J connectivity index is 0.000000199. The lowest BCUT2D eigenvalue weighted by Crippen LogP contribution is -2.43. The maximum Gasteiger partial charge on any atom is 0.231 e. The molecule has 10 rings (SSSR count). The quantitative estimate of drug-likeness (QED) is 0.110. The van der Waals surface area contributed by atoms with Gasteiger partial charge in [-0.1, -0.05) is 87.1 Å². The van der Waals surface area contributed by atoms with Crippen molar-refractivity contribution in [3.63, 3.8) is 0 Å². The second-order valence-corrected chi connectivity index (χ2v) is 20.2. The van der Waals surface area contributed by atoms with Crippen molar-refractivity contribution in [2.24, 2.45) is 10.8 Å². The lowest BCUT2D eigenvalue weighted by molar-refractivity contribution is -0.122. The minimum absolute atomic E-state index is 0. The van der Waals surface area contributed by atoms with Crippen molar-refractivity contribution in [1.29, 1.82) is 0 Å². The maximum absolute atomic E-state index is 15.2. The summed E-state index contributed by atoms with van der Waals surface area (Å²) in [6.45, 7) is 17.9. The third-order valence-electron chi connectivity index (χ3n) is 13.9. The molecule has 6 aliphatic rings. The molecule has 0 amide bonds. The molecule has 68 heavy (non-hydrogen) atoms. The fourth-order valence-electron chi connectivity index (χ4n) is 9.74. The molecule has 2 N–H and O–H groups in total. The topological polar surface area (TPSA) is 141 Å². The molecular weight excluding hydrogens is 871 g/mol. The molecule has 0 radical (unpaired) electrons. The van der Waals surface area contributed by atoms with Crippen LogP contribution in [0.1, 0.15) is 122 Å². The van der Waals surface area contributed by atoms with E-state index in [1.165, 1.54) is 0 Å². The van der Waals surface area contributed by atoms with Crippen LogP contribution in [0.3, 0.4) is 0 Å². The molecule has 2 atom stereocenters. The number of halogens is 2. The van der Waals surface area contributed by atoms with Crippen molar-refractivity contribution < 1.29 is 52.0 Å². The Kier molecular flexibility index (Phi) is 15.5. The van der Waals surface area contributed by atoms with Crippen LogP contribution >= 0.6 is 0 Å².